The summed E-state index contributed by atoms with van der Waals surface area (Å²) in [5.74, 6) is -5.31. The van der Waals surface area contributed by atoms with Crippen LogP contribution in [0.25, 0.3) is 0 Å². The predicted octanol–water partition coefficient (Wildman–Crippen LogP) is 1.70. The first-order valence-electron chi connectivity index (χ1n) is 10.2. The first kappa shape index (κ1) is 39.5. The van der Waals surface area contributed by atoms with Gasteiger partial charge in [-0.3, -0.25) is 13.7 Å². The topological polar surface area (TPSA) is 303 Å². The molecule has 0 saturated heterocycles. The molecule has 6 N–H and O–H groups in total. The minimum absolute atomic E-state index is 0. The van der Waals surface area contributed by atoms with E-state index >= 15 is 0 Å². The van der Waals surface area contributed by atoms with E-state index in [4.69, 9.17) is 29.0 Å². The molecule has 0 aliphatic rings. The van der Waals surface area contributed by atoms with Crippen LogP contribution in [-0.4, -0.2) is 72.1 Å². The van der Waals surface area contributed by atoms with Crippen LogP contribution in [0.3, 0.4) is 0 Å². The van der Waals surface area contributed by atoms with Gasteiger partial charge in [0.1, 0.15) is 16.7 Å². The van der Waals surface area contributed by atoms with Crippen LogP contribution in [-0.2, 0) is 31.2 Å². The fourth-order valence-electron chi connectivity index (χ4n) is 2.49. The van der Waals surface area contributed by atoms with Crippen molar-refractivity contribution in [1.82, 2.24) is 0 Å². The maximum absolute atomic E-state index is 10.6. The summed E-state index contributed by atoms with van der Waals surface area (Å²) in [7, 11) is -14.1. The van der Waals surface area contributed by atoms with Crippen molar-refractivity contribution in [2.75, 3.05) is 0 Å². The van der Waals surface area contributed by atoms with Crippen molar-refractivity contribution in [3.63, 3.8) is 0 Å². The standard InChI is InChI=1S/3C7H6O6S.Tb/c3*8-7(9)5-3-1-2-4-6(5)13-14(10,11)12;/h3*1-4H,(H,8,9)(H,10,11,12);. The Morgan fingerprint density at radius 1 is 0.442 bits per heavy atom. The Labute approximate surface area is 273 Å². The average molecular weight is 813 g/mol. The van der Waals surface area contributed by atoms with Gasteiger partial charge in [-0.05, 0) is 36.4 Å². The van der Waals surface area contributed by atoms with E-state index in [1.807, 2.05) is 0 Å². The third-order valence-corrected chi connectivity index (χ3v) is 5.11. The zero-order chi connectivity index (χ0) is 32.3. The Hall–Kier alpha value is -3.51. The number of carboxylic acid groups (broad SMARTS) is 3. The summed E-state index contributed by atoms with van der Waals surface area (Å²) in [6.07, 6.45) is 0. The second-order valence-corrected chi connectivity index (χ2v) is 10.0. The normalized spacial score (nSPS) is 10.7. The van der Waals surface area contributed by atoms with Gasteiger partial charge >= 0.3 is 49.1 Å². The Morgan fingerprint density at radius 3 is 0.791 bits per heavy atom. The van der Waals surface area contributed by atoms with Crippen LogP contribution in [0.15, 0.2) is 72.8 Å². The van der Waals surface area contributed by atoms with Crippen molar-refractivity contribution in [2.45, 2.75) is 0 Å². The molecule has 0 aliphatic carbocycles. The van der Waals surface area contributed by atoms with Crippen molar-refractivity contribution in [2.24, 2.45) is 0 Å². The Bertz CT molecular complexity index is 1560. The molecular weight excluding hydrogens is 795 g/mol. The molecule has 1 radical (unpaired) electrons. The van der Waals surface area contributed by atoms with E-state index in [0.29, 0.717) is 0 Å². The van der Waals surface area contributed by atoms with E-state index in [9.17, 15) is 39.6 Å². The van der Waals surface area contributed by atoms with Gasteiger partial charge in [0.15, 0.2) is 17.2 Å². The molecule has 0 bridgehead atoms. The molecule has 0 aliphatic heterocycles. The molecule has 0 atom stereocenters. The molecule has 22 heteroatoms. The third-order valence-electron chi connectivity index (χ3n) is 3.94. The zero-order valence-electron chi connectivity index (χ0n) is 20.6. The number of rotatable bonds is 9. The van der Waals surface area contributed by atoms with Gasteiger partial charge in [0.25, 0.3) is 0 Å². The number of hydrogen-bond donors (Lipinski definition) is 6. The second-order valence-electron chi connectivity index (χ2n) is 6.94. The molecule has 0 spiro atoms. The number of para-hydroxylation sites is 3. The molecule has 0 heterocycles. The molecule has 3 aromatic carbocycles. The molecule has 0 aromatic heterocycles. The van der Waals surface area contributed by atoms with Crippen molar-refractivity contribution in [3.05, 3.63) is 89.5 Å². The van der Waals surface area contributed by atoms with Crippen molar-refractivity contribution < 1.29 is 120 Å². The summed E-state index contributed by atoms with van der Waals surface area (Å²) in [5, 5.41) is 25.8. The Morgan fingerprint density at radius 2 is 0.628 bits per heavy atom. The van der Waals surface area contributed by atoms with Gasteiger partial charge in [-0.25, -0.2) is 14.4 Å². The van der Waals surface area contributed by atoms with E-state index in [1.165, 1.54) is 36.4 Å². The first-order chi connectivity index (χ1) is 19.2. The van der Waals surface area contributed by atoms with E-state index in [0.717, 1.165) is 36.4 Å². The van der Waals surface area contributed by atoms with Gasteiger partial charge in [0, 0.05) is 38.6 Å². The van der Waals surface area contributed by atoms with Crippen molar-refractivity contribution in [1.29, 1.82) is 0 Å². The molecule has 43 heavy (non-hydrogen) atoms. The molecule has 237 valence electrons. The molecule has 0 fully saturated rings. The van der Waals surface area contributed by atoms with Gasteiger partial charge in [0.2, 0.25) is 0 Å². The number of benzene rings is 3. The van der Waals surface area contributed by atoms with Crippen LogP contribution in [0.2, 0.25) is 0 Å². The quantitative estimate of drug-likeness (QED) is 0.168. The Balaban J connectivity index is 0.000000608. The maximum Gasteiger partial charge on any atom is 0.446 e. The van der Waals surface area contributed by atoms with Crippen LogP contribution in [0.4, 0.5) is 0 Å². The summed E-state index contributed by atoms with van der Waals surface area (Å²) < 4.78 is 99.0. The molecule has 3 aromatic rings. The fourth-order valence-corrected chi connectivity index (χ4v) is 3.61. The van der Waals surface area contributed by atoms with E-state index < -0.39 is 66.4 Å². The average Bonchev–Trinajstić information content (AvgIpc) is 2.82. The van der Waals surface area contributed by atoms with Crippen molar-refractivity contribution in [3.8, 4) is 17.2 Å². The molecule has 0 saturated carbocycles. The zero-order valence-corrected chi connectivity index (χ0v) is 25.2. The predicted molar refractivity (Wildman–Crippen MR) is 137 cm³/mol. The monoisotopic (exact) mass is 813 g/mol. The van der Waals surface area contributed by atoms with Crippen LogP contribution in [0.5, 0.6) is 17.2 Å². The summed E-state index contributed by atoms with van der Waals surface area (Å²) in [5.41, 5.74) is -1.03. The van der Waals surface area contributed by atoms with Gasteiger partial charge in [-0.15, -0.1) is 0 Å². The van der Waals surface area contributed by atoms with Gasteiger partial charge in [-0.1, -0.05) is 36.4 Å². The molecular formula is C21H18O18S3Tb. The summed E-state index contributed by atoms with van der Waals surface area (Å²) in [6, 6.07) is 15.2. The second kappa shape index (κ2) is 16.9. The summed E-state index contributed by atoms with van der Waals surface area (Å²) in [6.45, 7) is 0. The largest absolute Gasteiger partial charge is 0.478 e. The molecule has 0 amide bonds. The van der Waals surface area contributed by atoms with Gasteiger partial charge < -0.3 is 27.9 Å². The van der Waals surface area contributed by atoms with Crippen LogP contribution in [0.1, 0.15) is 31.1 Å². The molecule has 3 rings (SSSR count). The summed E-state index contributed by atoms with van der Waals surface area (Å²) >= 11 is 0. The SMILES string of the molecule is O=C(O)c1ccccc1OS(=O)(=O)O.O=C(O)c1ccccc1OS(=O)(=O)O.O=C(O)c1ccccc1OS(=O)(=O)O.[Tb]. The number of carbonyl (C=O) groups is 3. The number of carboxylic acids is 3. The van der Waals surface area contributed by atoms with Crippen LogP contribution < -0.4 is 12.5 Å². The van der Waals surface area contributed by atoms with Crippen LogP contribution >= 0.6 is 0 Å². The van der Waals surface area contributed by atoms with Gasteiger partial charge in [0.05, 0.1) is 0 Å². The maximum atomic E-state index is 10.6. The number of hydrogen-bond acceptors (Lipinski definition) is 12. The Kier molecular flexibility index (Phi) is 15.6. The third kappa shape index (κ3) is 16.1. The van der Waals surface area contributed by atoms with Gasteiger partial charge in [-0.2, -0.15) is 25.3 Å². The van der Waals surface area contributed by atoms with E-state index in [-0.39, 0.29) is 55.3 Å². The number of aromatic carboxylic acids is 3. The minimum atomic E-state index is -4.70. The fraction of sp³-hybridized carbons (Fsp3) is 0. The summed E-state index contributed by atoms with van der Waals surface area (Å²) in [4.78, 5) is 31.7. The first-order valence-corrected chi connectivity index (χ1v) is 14.3. The van der Waals surface area contributed by atoms with E-state index in [2.05, 4.69) is 12.5 Å². The molecule has 18 nitrogen and oxygen atoms in total. The van der Waals surface area contributed by atoms with Crippen molar-refractivity contribution >= 4 is 49.1 Å². The minimum Gasteiger partial charge on any atom is -0.478 e. The molecule has 0 unspecified atom stereocenters. The van der Waals surface area contributed by atoms with E-state index in [1.54, 1.807) is 0 Å². The van der Waals surface area contributed by atoms with Crippen LogP contribution in [0, 0.1) is 38.6 Å². The smallest absolute Gasteiger partial charge is 0.446 e.